The summed E-state index contributed by atoms with van der Waals surface area (Å²) in [4.78, 5) is 38.8. The second kappa shape index (κ2) is 14.0. The number of aromatic hydroxyl groups is 1. The van der Waals surface area contributed by atoms with Crippen molar-refractivity contribution in [1.82, 2.24) is 0 Å². The lowest BCUT2D eigenvalue weighted by molar-refractivity contribution is -0.137. The van der Waals surface area contributed by atoms with Crippen LogP contribution in [0.3, 0.4) is 0 Å². The van der Waals surface area contributed by atoms with Gasteiger partial charge in [0.05, 0.1) is 11.7 Å². The number of rotatable bonds is 9. The van der Waals surface area contributed by atoms with Gasteiger partial charge in [0.2, 0.25) is 0 Å². The summed E-state index contributed by atoms with van der Waals surface area (Å²) < 4.78 is 20.3. The summed E-state index contributed by atoms with van der Waals surface area (Å²) in [5.41, 5.74) is 0.110. The minimum atomic E-state index is -1.48. The zero-order valence-corrected chi connectivity index (χ0v) is 29.9. The summed E-state index contributed by atoms with van der Waals surface area (Å²) in [5.74, 6) is -1.99. The number of allylic oxidation sites excluding steroid dienone is 5. The summed E-state index contributed by atoms with van der Waals surface area (Å²) in [6, 6.07) is 0. The summed E-state index contributed by atoms with van der Waals surface area (Å²) in [6.45, 7) is 16.8. The predicted molar refractivity (Wildman–Crippen MR) is 184 cm³/mol. The topological polar surface area (TPSA) is 140 Å². The molecule has 4 rings (SSSR count). The number of carbonyl (C=O) groups excluding carboxylic acids is 2. The fourth-order valence-corrected chi connectivity index (χ4v) is 6.73. The third-order valence-electron chi connectivity index (χ3n) is 9.92. The van der Waals surface area contributed by atoms with E-state index in [4.69, 9.17) is 14.2 Å². The van der Waals surface area contributed by atoms with Crippen molar-refractivity contribution in [1.29, 1.82) is 0 Å². The number of phenols is 1. The Hall–Kier alpha value is -3.69. The van der Waals surface area contributed by atoms with E-state index in [9.17, 15) is 29.7 Å². The summed E-state index contributed by atoms with van der Waals surface area (Å²) in [6.07, 6.45) is 8.88. The maximum absolute atomic E-state index is 14.7. The SMILES string of the molecule is CC(C)=CCC[C@@]1(C)Oc2c(c(O)c3c(c2CC=C(C)C)OC2(C)/C(=C\[C@H](C=O)CCC(C)(C)O[C@H]2C/C=C(/C)C(=O)O)C3=O)C[C@H]1O. The second-order valence-electron chi connectivity index (χ2n) is 15.0. The van der Waals surface area contributed by atoms with Crippen molar-refractivity contribution in [3.05, 3.63) is 63.3 Å². The number of aldehydes is 1. The highest BCUT2D eigenvalue weighted by Gasteiger charge is 2.53. The van der Waals surface area contributed by atoms with Crippen molar-refractivity contribution in [2.45, 2.75) is 136 Å². The standard InChI is InChI=1S/C39H52O9/c1-22(2)11-10-17-38(8)29(41)20-27-32(42)31-33(43)28-19-25(21-40)16-18-37(6,7)46-30(15-13-24(5)36(44)45)39(28,9)48-35(31)26(34(27)47-38)14-12-23(3)4/h11-13,19,21,25,29-30,41-42H,10,14-18,20H2,1-9H3,(H,44,45)/b24-13-,28-19-/t25-,29-,30+,38-,39?/m1/s1. The van der Waals surface area contributed by atoms with Crippen LogP contribution in [0, 0.1) is 5.92 Å². The minimum absolute atomic E-state index is 0.0438. The van der Waals surface area contributed by atoms with Gasteiger partial charge in [0, 0.05) is 34.6 Å². The van der Waals surface area contributed by atoms with E-state index < -0.39 is 46.7 Å². The lowest BCUT2D eigenvalue weighted by atomic mass is 9.76. The van der Waals surface area contributed by atoms with Crippen LogP contribution in [0.4, 0.5) is 0 Å². The van der Waals surface area contributed by atoms with Gasteiger partial charge in [-0.25, -0.2) is 4.79 Å². The molecule has 1 unspecified atom stereocenters. The largest absolute Gasteiger partial charge is 0.507 e. The molecule has 3 aliphatic heterocycles. The molecule has 9 heteroatoms. The molecule has 0 saturated heterocycles. The Morgan fingerprint density at radius 2 is 1.67 bits per heavy atom. The number of benzene rings is 1. The van der Waals surface area contributed by atoms with E-state index in [0.717, 1.165) is 17.4 Å². The molecule has 0 bridgehead atoms. The van der Waals surface area contributed by atoms with Crippen LogP contribution >= 0.6 is 0 Å². The molecule has 1 aromatic carbocycles. The van der Waals surface area contributed by atoms with Gasteiger partial charge in [-0.1, -0.05) is 35.5 Å². The zero-order chi connectivity index (χ0) is 35.8. The van der Waals surface area contributed by atoms with Crippen molar-refractivity contribution < 1.29 is 43.9 Å². The van der Waals surface area contributed by atoms with Gasteiger partial charge in [-0.15, -0.1) is 0 Å². The first-order valence-electron chi connectivity index (χ1n) is 16.9. The van der Waals surface area contributed by atoms with Gasteiger partial charge in [-0.05, 0) is 101 Å². The molecule has 5 atom stereocenters. The van der Waals surface area contributed by atoms with Gasteiger partial charge in [0.15, 0.2) is 11.4 Å². The van der Waals surface area contributed by atoms with E-state index in [0.29, 0.717) is 49.0 Å². The van der Waals surface area contributed by atoms with Gasteiger partial charge in [0.1, 0.15) is 40.8 Å². The van der Waals surface area contributed by atoms with Crippen LogP contribution in [-0.2, 0) is 27.2 Å². The highest BCUT2D eigenvalue weighted by molar-refractivity contribution is 6.15. The number of hydrogen-bond acceptors (Lipinski definition) is 8. The molecule has 3 heterocycles. The minimum Gasteiger partial charge on any atom is -0.507 e. The van der Waals surface area contributed by atoms with Gasteiger partial charge >= 0.3 is 5.97 Å². The maximum atomic E-state index is 14.7. The highest BCUT2D eigenvalue weighted by Crippen LogP contribution is 2.54. The van der Waals surface area contributed by atoms with Gasteiger partial charge in [-0.2, -0.15) is 0 Å². The normalized spacial score (nSPS) is 29.1. The summed E-state index contributed by atoms with van der Waals surface area (Å²) in [7, 11) is 0. The maximum Gasteiger partial charge on any atom is 0.330 e. The first kappa shape index (κ1) is 37.1. The lowest BCUT2D eigenvalue weighted by Crippen LogP contribution is -2.54. The lowest BCUT2D eigenvalue weighted by Gasteiger charge is -2.46. The number of phenolic OH excluding ortho intramolecular Hbond substituents is 1. The molecule has 3 N–H and O–H groups in total. The molecule has 0 amide bonds. The number of aliphatic carboxylic acids is 1. The molecule has 9 nitrogen and oxygen atoms in total. The number of carbonyl (C=O) groups is 3. The van der Waals surface area contributed by atoms with Crippen molar-refractivity contribution in [3.8, 4) is 17.2 Å². The van der Waals surface area contributed by atoms with E-state index in [2.05, 4.69) is 6.08 Å². The number of ketones is 1. The van der Waals surface area contributed by atoms with Gasteiger partial charge in [0.25, 0.3) is 0 Å². The van der Waals surface area contributed by atoms with Crippen LogP contribution < -0.4 is 9.47 Å². The average Bonchev–Trinajstić information content (AvgIpc) is 3.02. The molecule has 3 aliphatic rings. The monoisotopic (exact) mass is 664 g/mol. The molecule has 1 aromatic rings. The van der Waals surface area contributed by atoms with Crippen molar-refractivity contribution in [3.63, 3.8) is 0 Å². The fourth-order valence-electron chi connectivity index (χ4n) is 6.73. The Morgan fingerprint density at radius 3 is 2.27 bits per heavy atom. The summed E-state index contributed by atoms with van der Waals surface area (Å²) in [5, 5.41) is 32.8. The van der Waals surface area contributed by atoms with Crippen molar-refractivity contribution >= 4 is 18.0 Å². The number of aliphatic hydroxyl groups is 1. The molecule has 0 spiro atoms. The van der Waals surface area contributed by atoms with Gasteiger partial charge in [-0.3, -0.25) is 4.79 Å². The Labute approximate surface area is 284 Å². The van der Waals surface area contributed by atoms with Crippen LogP contribution in [0.5, 0.6) is 17.2 Å². The first-order valence-corrected chi connectivity index (χ1v) is 16.9. The van der Waals surface area contributed by atoms with Crippen molar-refractivity contribution in [2.24, 2.45) is 5.92 Å². The van der Waals surface area contributed by atoms with E-state index in [-0.39, 0.29) is 41.1 Å². The Kier molecular flexibility index (Phi) is 10.9. The molecular weight excluding hydrogens is 612 g/mol. The van der Waals surface area contributed by atoms with Crippen LogP contribution in [-0.4, -0.2) is 62.4 Å². The number of fused-ring (bicyclic) bond motifs is 3. The summed E-state index contributed by atoms with van der Waals surface area (Å²) >= 11 is 0. The molecule has 0 saturated carbocycles. The van der Waals surface area contributed by atoms with Crippen molar-refractivity contribution in [2.75, 3.05) is 0 Å². The fraction of sp³-hybridized carbons (Fsp3) is 0.564. The van der Waals surface area contributed by atoms with Crippen LogP contribution in [0.25, 0.3) is 0 Å². The van der Waals surface area contributed by atoms with E-state index in [1.807, 2.05) is 54.5 Å². The molecule has 0 aromatic heterocycles. The molecule has 0 fully saturated rings. The number of hydrogen-bond donors (Lipinski definition) is 3. The number of Topliss-reactive ketones (excluding diaryl/α,β-unsaturated/α-hetero) is 1. The van der Waals surface area contributed by atoms with Crippen LogP contribution in [0.1, 0.15) is 116 Å². The Bertz CT molecular complexity index is 1580. The first-order chi connectivity index (χ1) is 22.3. The van der Waals surface area contributed by atoms with E-state index in [1.165, 1.54) is 6.92 Å². The average molecular weight is 665 g/mol. The quantitative estimate of drug-likeness (QED) is 0.143. The Morgan fingerprint density at radius 1 is 1.00 bits per heavy atom. The van der Waals surface area contributed by atoms with Crippen LogP contribution in [0.15, 0.2) is 46.6 Å². The predicted octanol–water partition coefficient (Wildman–Crippen LogP) is 7.16. The van der Waals surface area contributed by atoms with Crippen LogP contribution in [0.2, 0.25) is 0 Å². The highest BCUT2D eigenvalue weighted by atomic mass is 16.6. The van der Waals surface area contributed by atoms with Gasteiger partial charge < -0.3 is 34.3 Å². The second-order valence-corrected chi connectivity index (χ2v) is 15.0. The molecule has 262 valence electrons. The molecule has 0 aliphatic carbocycles. The third-order valence-corrected chi connectivity index (χ3v) is 9.92. The third kappa shape index (κ3) is 7.47. The number of ether oxygens (including phenoxy) is 3. The smallest absolute Gasteiger partial charge is 0.330 e. The number of carboxylic acid groups (broad SMARTS) is 1. The van der Waals surface area contributed by atoms with E-state index in [1.54, 1.807) is 19.1 Å². The van der Waals surface area contributed by atoms with E-state index >= 15 is 0 Å². The molecule has 48 heavy (non-hydrogen) atoms. The molecular formula is C39H52O9. The molecule has 0 radical (unpaired) electrons. The number of carboxylic acids is 1. The Balaban J connectivity index is 2.00. The zero-order valence-electron chi connectivity index (χ0n) is 29.9. The number of aliphatic hydroxyl groups excluding tert-OH is 1.